The second-order valence-corrected chi connectivity index (χ2v) is 9.56. The summed E-state index contributed by atoms with van der Waals surface area (Å²) < 4.78 is 66.7. The van der Waals surface area contributed by atoms with E-state index in [0.717, 1.165) is 21.7 Å². The van der Waals surface area contributed by atoms with Crippen molar-refractivity contribution in [2.75, 3.05) is 12.8 Å². The zero-order chi connectivity index (χ0) is 20.9. The average molecular weight is 428 g/mol. The molecule has 148 valence electrons. The van der Waals surface area contributed by atoms with Gasteiger partial charge in [-0.05, 0) is 30.7 Å². The molecule has 0 aliphatic carbocycles. The van der Waals surface area contributed by atoms with E-state index >= 15 is 0 Å². The van der Waals surface area contributed by atoms with Gasteiger partial charge in [-0.25, -0.2) is 17.7 Å². The van der Waals surface area contributed by atoms with E-state index in [1.807, 2.05) is 6.07 Å². The third-order valence-corrected chi connectivity index (χ3v) is 7.75. The van der Waals surface area contributed by atoms with Crippen LogP contribution < -0.4 is 5.73 Å². The molecule has 1 aliphatic heterocycles. The molecule has 1 atom stereocenters. The van der Waals surface area contributed by atoms with Crippen LogP contribution in [-0.4, -0.2) is 31.5 Å². The molecular formula is C17H15F3N4O2S2. The number of nitrogens with two attached hydrogens (primary N) is 1. The van der Waals surface area contributed by atoms with E-state index in [0.29, 0.717) is 11.1 Å². The van der Waals surface area contributed by atoms with Gasteiger partial charge in [0.2, 0.25) is 16.0 Å². The van der Waals surface area contributed by atoms with Crippen molar-refractivity contribution in [2.24, 2.45) is 10.7 Å². The van der Waals surface area contributed by atoms with Crippen LogP contribution in [-0.2, 0) is 21.7 Å². The summed E-state index contributed by atoms with van der Waals surface area (Å²) >= 11 is 0.793. The Balaban J connectivity index is 2.24. The SMILES string of the molecule is CN1C(N)=N[C@](C)(c2sc(-c3cccc(C#N)c3)cc2C(F)(F)F)CS1(=O)=O. The van der Waals surface area contributed by atoms with Crippen molar-refractivity contribution in [1.29, 1.82) is 5.26 Å². The zero-order valence-corrected chi connectivity index (χ0v) is 16.4. The second kappa shape index (κ2) is 6.49. The molecule has 0 unspecified atom stereocenters. The standard InChI is InChI=1S/C17H15F3N4O2S2/c1-16(9-28(25,26)24(2)15(22)23-16)14-12(17(18,19)20)7-13(27-14)11-5-3-4-10(6-11)8-21/h3-7H,9H2,1-2H3,(H2,22,23)/t16-/m0/s1. The first kappa shape index (κ1) is 20.2. The third-order valence-electron chi connectivity index (χ3n) is 4.37. The van der Waals surface area contributed by atoms with Gasteiger partial charge in [0.1, 0.15) is 5.54 Å². The maximum Gasteiger partial charge on any atom is 0.417 e. The number of sulfonamides is 1. The number of thiophene rings is 1. The third kappa shape index (κ3) is 3.45. The summed E-state index contributed by atoms with van der Waals surface area (Å²) in [5.41, 5.74) is 3.75. The molecule has 1 aromatic carbocycles. The largest absolute Gasteiger partial charge is 0.417 e. The Morgan fingerprint density at radius 3 is 2.61 bits per heavy atom. The molecule has 0 radical (unpaired) electrons. The maximum atomic E-state index is 13.7. The first-order valence-corrected chi connectivity index (χ1v) is 10.3. The summed E-state index contributed by atoms with van der Waals surface area (Å²) in [6.07, 6.45) is -4.71. The summed E-state index contributed by atoms with van der Waals surface area (Å²) in [4.78, 5) is 4.09. The maximum absolute atomic E-state index is 13.7. The molecule has 0 amide bonds. The minimum atomic E-state index is -4.71. The Hall–Kier alpha value is -2.58. The number of rotatable bonds is 2. The Morgan fingerprint density at radius 1 is 1.36 bits per heavy atom. The van der Waals surface area contributed by atoms with E-state index in [1.54, 1.807) is 18.2 Å². The Morgan fingerprint density at radius 2 is 2.04 bits per heavy atom. The Kier molecular flexibility index (Phi) is 4.68. The predicted molar refractivity (Wildman–Crippen MR) is 100.0 cm³/mol. The molecule has 1 aliphatic rings. The van der Waals surface area contributed by atoms with Crippen LogP contribution in [0, 0.1) is 11.3 Å². The molecule has 1 aromatic heterocycles. The molecule has 6 nitrogen and oxygen atoms in total. The fourth-order valence-corrected chi connectivity index (χ4v) is 5.75. The summed E-state index contributed by atoms with van der Waals surface area (Å²) in [5, 5.41) is 9.02. The van der Waals surface area contributed by atoms with E-state index in [2.05, 4.69) is 4.99 Å². The highest BCUT2D eigenvalue weighted by Crippen LogP contribution is 2.47. The molecule has 0 saturated heterocycles. The van der Waals surface area contributed by atoms with Crippen LogP contribution in [0.15, 0.2) is 35.3 Å². The van der Waals surface area contributed by atoms with Crippen LogP contribution in [0.2, 0.25) is 0 Å². The van der Waals surface area contributed by atoms with Crippen LogP contribution in [0.1, 0.15) is 22.9 Å². The number of hydrogen-bond donors (Lipinski definition) is 1. The molecule has 0 spiro atoms. The van der Waals surface area contributed by atoms with Gasteiger partial charge in [0.15, 0.2) is 0 Å². The van der Waals surface area contributed by atoms with Gasteiger partial charge in [-0.3, -0.25) is 0 Å². The topological polar surface area (TPSA) is 99.5 Å². The fourth-order valence-electron chi connectivity index (χ4n) is 2.95. The first-order chi connectivity index (χ1) is 12.9. The predicted octanol–water partition coefficient (Wildman–Crippen LogP) is 3.11. The molecule has 28 heavy (non-hydrogen) atoms. The molecule has 2 aromatic rings. The fraction of sp³-hybridized carbons (Fsp3) is 0.294. The van der Waals surface area contributed by atoms with Gasteiger partial charge in [-0.1, -0.05) is 12.1 Å². The normalized spacial score (nSPS) is 21.9. The molecular weight excluding hydrogens is 413 g/mol. The molecule has 2 N–H and O–H groups in total. The van der Waals surface area contributed by atoms with Crippen molar-refractivity contribution in [3.63, 3.8) is 0 Å². The number of guanidine groups is 1. The van der Waals surface area contributed by atoms with Crippen LogP contribution in [0.4, 0.5) is 13.2 Å². The van der Waals surface area contributed by atoms with Crippen LogP contribution in [0.25, 0.3) is 10.4 Å². The van der Waals surface area contributed by atoms with Gasteiger partial charge >= 0.3 is 6.18 Å². The lowest BCUT2D eigenvalue weighted by atomic mass is 9.99. The highest BCUT2D eigenvalue weighted by atomic mass is 32.2. The Bertz CT molecular complexity index is 1120. The monoisotopic (exact) mass is 428 g/mol. The van der Waals surface area contributed by atoms with E-state index < -0.39 is 33.1 Å². The van der Waals surface area contributed by atoms with Gasteiger partial charge in [-0.15, -0.1) is 11.3 Å². The lowest BCUT2D eigenvalue weighted by Gasteiger charge is -2.34. The number of nitrogens with zero attached hydrogens (tertiary/aromatic N) is 3. The molecule has 0 saturated carbocycles. The highest BCUT2D eigenvalue weighted by molar-refractivity contribution is 7.89. The van der Waals surface area contributed by atoms with E-state index in [9.17, 15) is 21.6 Å². The van der Waals surface area contributed by atoms with Gasteiger partial charge in [0.05, 0.1) is 22.9 Å². The van der Waals surface area contributed by atoms with Gasteiger partial charge in [-0.2, -0.15) is 18.4 Å². The van der Waals surface area contributed by atoms with Gasteiger partial charge < -0.3 is 5.73 Å². The highest BCUT2D eigenvalue weighted by Gasteiger charge is 2.47. The Labute approximate surface area is 163 Å². The second-order valence-electron chi connectivity index (χ2n) is 6.51. The van der Waals surface area contributed by atoms with Crippen molar-refractivity contribution in [1.82, 2.24) is 4.31 Å². The lowest BCUT2D eigenvalue weighted by molar-refractivity contribution is -0.138. The number of benzene rings is 1. The minimum Gasteiger partial charge on any atom is -0.369 e. The lowest BCUT2D eigenvalue weighted by Crippen LogP contribution is -2.50. The summed E-state index contributed by atoms with van der Waals surface area (Å²) in [7, 11) is -2.72. The van der Waals surface area contributed by atoms with Crippen LogP contribution >= 0.6 is 11.3 Å². The van der Waals surface area contributed by atoms with E-state index in [4.69, 9.17) is 11.0 Å². The quantitative estimate of drug-likeness (QED) is 0.794. The molecule has 2 heterocycles. The summed E-state index contributed by atoms with van der Waals surface area (Å²) in [6, 6.07) is 9.06. The minimum absolute atomic E-state index is 0.239. The van der Waals surface area contributed by atoms with Crippen molar-refractivity contribution in [3.8, 4) is 16.5 Å². The average Bonchev–Trinajstić information content (AvgIpc) is 3.06. The molecule has 11 heteroatoms. The van der Waals surface area contributed by atoms with Crippen LogP contribution in [0.5, 0.6) is 0 Å². The summed E-state index contributed by atoms with van der Waals surface area (Å²) in [6.45, 7) is 1.32. The molecule has 3 rings (SSSR count). The van der Waals surface area contributed by atoms with E-state index in [1.165, 1.54) is 20.0 Å². The van der Waals surface area contributed by atoms with Crippen molar-refractivity contribution < 1.29 is 21.6 Å². The first-order valence-electron chi connectivity index (χ1n) is 7.91. The number of aliphatic imine (C=N–C) groups is 1. The van der Waals surface area contributed by atoms with Crippen molar-refractivity contribution in [3.05, 3.63) is 46.3 Å². The molecule has 0 fully saturated rings. The van der Waals surface area contributed by atoms with Crippen molar-refractivity contribution >= 4 is 27.3 Å². The zero-order valence-electron chi connectivity index (χ0n) is 14.8. The molecule has 0 bridgehead atoms. The number of alkyl halides is 3. The van der Waals surface area contributed by atoms with Gasteiger partial charge in [0.25, 0.3) is 0 Å². The van der Waals surface area contributed by atoms with Gasteiger partial charge in [0, 0.05) is 16.8 Å². The smallest absolute Gasteiger partial charge is 0.369 e. The van der Waals surface area contributed by atoms with Crippen LogP contribution in [0.3, 0.4) is 0 Å². The number of hydrogen-bond acceptors (Lipinski definition) is 6. The number of halogens is 3. The van der Waals surface area contributed by atoms with Crippen molar-refractivity contribution in [2.45, 2.75) is 18.6 Å². The van der Waals surface area contributed by atoms with E-state index in [-0.39, 0.29) is 15.7 Å². The number of nitriles is 1. The summed E-state index contributed by atoms with van der Waals surface area (Å²) in [5.74, 6) is -1.01.